The third kappa shape index (κ3) is 2.39. The minimum absolute atomic E-state index is 0.635. The van der Waals surface area contributed by atoms with E-state index in [1.54, 1.807) is 0 Å². The normalized spacial score (nSPS) is 15.0. The predicted molar refractivity (Wildman–Crippen MR) is 83.3 cm³/mol. The van der Waals surface area contributed by atoms with Crippen LogP contribution in [0.15, 0.2) is 30.6 Å². The van der Waals surface area contributed by atoms with Crippen molar-refractivity contribution in [3.63, 3.8) is 0 Å². The molecule has 0 aromatic carbocycles. The average Bonchev–Trinajstić information content (AvgIpc) is 3.19. The summed E-state index contributed by atoms with van der Waals surface area (Å²) in [5, 5.41) is 8.70. The summed E-state index contributed by atoms with van der Waals surface area (Å²) in [6.07, 6.45) is 6.50. The molecule has 22 heavy (non-hydrogen) atoms. The second-order valence-corrected chi connectivity index (χ2v) is 6.16. The van der Waals surface area contributed by atoms with Gasteiger partial charge in [0.2, 0.25) is 0 Å². The van der Waals surface area contributed by atoms with Crippen molar-refractivity contribution in [1.29, 1.82) is 0 Å². The summed E-state index contributed by atoms with van der Waals surface area (Å²) in [6, 6.07) is 6.06. The van der Waals surface area contributed by atoms with Crippen LogP contribution in [0.3, 0.4) is 0 Å². The molecule has 1 fully saturated rings. The Morgan fingerprint density at radius 2 is 2.09 bits per heavy atom. The molecule has 6 nitrogen and oxygen atoms in total. The maximum absolute atomic E-state index is 4.44. The van der Waals surface area contributed by atoms with E-state index in [-0.39, 0.29) is 0 Å². The highest BCUT2D eigenvalue weighted by Crippen LogP contribution is 2.38. The Kier molecular flexibility index (Phi) is 3.18. The minimum atomic E-state index is 0.635. The van der Waals surface area contributed by atoms with E-state index in [0.717, 1.165) is 30.4 Å². The summed E-state index contributed by atoms with van der Waals surface area (Å²) in [5.41, 5.74) is 2.17. The Balaban J connectivity index is 1.49. The van der Waals surface area contributed by atoms with Crippen LogP contribution in [-0.2, 0) is 20.1 Å². The van der Waals surface area contributed by atoms with Crippen molar-refractivity contribution in [3.05, 3.63) is 47.9 Å². The minimum Gasteiger partial charge on any atom is -0.317 e. The van der Waals surface area contributed by atoms with Gasteiger partial charge in [0.25, 0.3) is 0 Å². The van der Waals surface area contributed by atoms with Gasteiger partial charge in [-0.15, -0.1) is 10.2 Å². The third-order valence-corrected chi connectivity index (χ3v) is 4.28. The average molecular weight is 296 g/mol. The summed E-state index contributed by atoms with van der Waals surface area (Å²) >= 11 is 0. The topological polar surface area (TPSA) is 51.2 Å². The molecular formula is C16H20N6. The summed E-state index contributed by atoms with van der Waals surface area (Å²) in [7, 11) is 4.18. The van der Waals surface area contributed by atoms with Gasteiger partial charge >= 0.3 is 0 Å². The van der Waals surface area contributed by atoms with Gasteiger partial charge in [0.15, 0.2) is 0 Å². The molecule has 0 aliphatic heterocycles. The second-order valence-electron chi connectivity index (χ2n) is 6.16. The van der Waals surface area contributed by atoms with Gasteiger partial charge in [-0.3, -0.25) is 4.90 Å². The molecule has 0 spiro atoms. The van der Waals surface area contributed by atoms with Crippen LogP contribution in [0.5, 0.6) is 0 Å². The second kappa shape index (κ2) is 5.21. The number of pyridine rings is 1. The Hall–Kier alpha value is -2.21. The SMILES string of the molecule is CN(Cc1nnc(C2CC2)n1C)Cc1cnc2ccccn12. The van der Waals surface area contributed by atoms with Crippen LogP contribution in [0.2, 0.25) is 0 Å². The van der Waals surface area contributed by atoms with Gasteiger partial charge < -0.3 is 8.97 Å². The number of hydrogen-bond donors (Lipinski definition) is 0. The van der Waals surface area contributed by atoms with Crippen LogP contribution in [0.4, 0.5) is 0 Å². The third-order valence-electron chi connectivity index (χ3n) is 4.28. The van der Waals surface area contributed by atoms with Crippen LogP contribution in [0.1, 0.15) is 36.1 Å². The molecule has 1 aliphatic rings. The zero-order valence-corrected chi connectivity index (χ0v) is 13.0. The summed E-state index contributed by atoms with van der Waals surface area (Å²) in [5.74, 6) is 2.80. The highest BCUT2D eigenvalue weighted by Gasteiger charge is 2.29. The van der Waals surface area contributed by atoms with E-state index in [9.17, 15) is 0 Å². The number of imidazole rings is 1. The molecule has 1 aliphatic carbocycles. The fourth-order valence-corrected chi connectivity index (χ4v) is 2.89. The Bertz CT molecular complexity index is 798. The molecular weight excluding hydrogens is 276 g/mol. The van der Waals surface area contributed by atoms with Gasteiger partial charge in [0, 0.05) is 25.7 Å². The van der Waals surface area contributed by atoms with Crippen molar-refractivity contribution >= 4 is 5.65 Å². The first-order chi connectivity index (χ1) is 10.7. The summed E-state index contributed by atoms with van der Waals surface area (Å²) in [4.78, 5) is 6.68. The quantitative estimate of drug-likeness (QED) is 0.722. The van der Waals surface area contributed by atoms with Gasteiger partial charge in [-0.2, -0.15) is 0 Å². The maximum Gasteiger partial charge on any atom is 0.146 e. The largest absolute Gasteiger partial charge is 0.317 e. The van der Waals surface area contributed by atoms with Crippen molar-refractivity contribution in [2.45, 2.75) is 31.8 Å². The molecule has 3 aromatic heterocycles. The fourth-order valence-electron chi connectivity index (χ4n) is 2.89. The molecule has 0 atom stereocenters. The number of hydrogen-bond acceptors (Lipinski definition) is 4. The lowest BCUT2D eigenvalue weighted by Gasteiger charge is -2.15. The molecule has 0 bridgehead atoms. The lowest BCUT2D eigenvalue weighted by Crippen LogP contribution is -2.20. The van der Waals surface area contributed by atoms with Crippen LogP contribution < -0.4 is 0 Å². The highest BCUT2D eigenvalue weighted by molar-refractivity contribution is 5.39. The Morgan fingerprint density at radius 3 is 2.91 bits per heavy atom. The first kappa shape index (κ1) is 13.5. The van der Waals surface area contributed by atoms with Crippen LogP contribution in [0.25, 0.3) is 5.65 Å². The van der Waals surface area contributed by atoms with E-state index in [1.165, 1.54) is 18.5 Å². The van der Waals surface area contributed by atoms with E-state index in [4.69, 9.17) is 0 Å². The molecule has 1 saturated carbocycles. The maximum atomic E-state index is 4.44. The molecule has 3 heterocycles. The fraction of sp³-hybridized carbons (Fsp3) is 0.438. The van der Waals surface area contributed by atoms with E-state index >= 15 is 0 Å². The monoisotopic (exact) mass is 296 g/mol. The molecule has 114 valence electrons. The Labute approximate surface area is 129 Å². The number of nitrogens with zero attached hydrogens (tertiary/aromatic N) is 6. The zero-order chi connectivity index (χ0) is 15.1. The number of aromatic nitrogens is 5. The van der Waals surface area contributed by atoms with E-state index in [1.807, 2.05) is 24.4 Å². The highest BCUT2D eigenvalue weighted by atomic mass is 15.3. The first-order valence-electron chi connectivity index (χ1n) is 7.70. The molecule has 0 amide bonds. The van der Waals surface area contributed by atoms with Gasteiger partial charge in [-0.25, -0.2) is 4.98 Å². The number of rotatable bonds is 5. The van der Waals surface area contributed by atoms with Gasteiger partial charge in [-0.1, -0.05) is 6.07 Å². The van der Waals surface area contributed by atoms with Crippen molar-refractivity contribution in [3.8, 4) is 0 Å². The molecule has 6 heteroatoms. The van der Waals surface area contributed by atoms with Crippen molar-refractivity contribution in [2.24, 2.45) is 7.05 Å². The molecule has 0 N–H and O–H groups in total. The summed E-state index contributed by atoms with van der Waals surface area (Å²) < 4.78 is 4.28. The first-order valence-corrected chi connectivity index (χ1v) is 7.70. The van der Waals surface area contributed by atoms with Gasteiger partial charge in [0.05, 0.1) is 18.4 Å². The standard InChI is InChI=1S/C16H20N6/c1-20(10-13-9-17-14-5-3-4-8-22(13)14)11-15-18-19-16(21(15)2)12-6-7-12/h3-5,8-9,12H,6-7,10-11H2,1-2H3. The lowest BCUT2D eigenvalue weighted by molar-refractivity contribution is 0.302. The number of fused-ring (bicyclic) bond motifs is 1. The van der Waals surface area contributed by atoms with E-state index in [0.29, 0.717) is 5.92 Å². The smallest absolute Gasteiger partial charge is 0.146 e. The Morgan fingerprint density at radius 1 is 1.23 bits per heavy atom. The lowest BCUT2D eigenvalue weighted by atomic mass is 10.3. The molecule has 0 saturated heterocycles. The van der Waals surface area contributed by atoms with Crippen molar-refractivity contribution < 1.29 is 0 Å². The molecule has 3 aromatic rings. The van der Waals surface area contributed by atoms with Crippen molar-refractivity contribution in [1.82, 2.24) is 29.0 Å². The van der Waals surface area contributed by atoms with Gasteiger partial charge in [0.1, 0.15) is 17.3 Å². The summed E-state index contributed by atoms with van der Waals surface area (Å²) in [6.45, 7) is 1.62. The predicted octanol–water partition coefficient (Wildman–Crippen LogP) is 1.97. The van der Waals surface area contributed by atoms with Crippen LogP contribution in [-0.4, -0.2) is 36.1 Å². The van der Waals surface area contributed by atoms with Gasteiger partial charge in [-0.05, 0) is 32.0 Å². The van der Waals surface area contributed by atoms with Crippen LogP contribution in [0, 0.1) is 0 Å². The van der Waals surface area contributed by atoms with Crippen molar-refractivity contribution in [2.75, 3.05) is 7.05 Å². The molecule has 0 radical (unpaired) electrons. The van der Waals surface area contributed by atoms with E-state index < -0.39 is 0 Å². The molecule has 0 unspecified atom stereocenters. The molecule has 4 rings (SSSR count). The zero-order valence-electron chi connectivity index (χ0n) is 13.0. The van der Waals surface area contributed by atoms with E-state index in [2.05, 4.69) is 49.3 Å². The van der Waals surface area contributed by atoms with Crippen LogP contribution >= 0.6 is 0 Å².